The van der Waals surface area contributed by atoms with Crippen molar-refractivity contribution in [3.63, 3.8) is 0 Å². The molecule has 3 nitrogen and oxygen atoms in total. The molecule has 0 aliphatic carbocycles. The predicted octanol–water partition coefficient (Wildman–Crippen LogP) is 4.34. The van der Waals surface area contributed by atoms with Crippen molar-refractivity contribution >= 4 is 28.4 Å². The molecule has 0 unspecified atom stereocenters. The molecule has 3 rings (SSSR count). The van der Waals surface area contributed by atoms with Gasteiger partial charge in [0.05, 0.1) is 10.6 Å². The molecule has 21 heavy (non-hydrogen) atoms. The molecular weight excluding hydrogens is 280 g/mol. The molecule has 0 saturated heterocycles. The second-order valence-electron chi connectivity index (χ2n) is 6.46. The number of hydrogen-bond donors (Lipinski definition) is 0. The molecule has 1 aromatic heterocycles. The highest BCUT2D eigenvalue weighted by atomic mass is 32.1. The fourth-order valence-electron chi connectivity index (χ4n) is 2.79. The number of hydrogen-bond acceptors (Lipinski definition) is 4. The van der Waals surface area contributed by atoms with E-state index in [1.807, 2.05) is 0 Å². The third-order valence-electron chi connectivity index (χ3n) is 3.80. The van der Waals surface area contributed by atoms with Crippen molar-refractivity contribution < 1.29 is 4.79 Å². The van der Waals surface area contributed by atoms with E-state index in [0.29, 0.717) is 0 Å². The Hall–Kier alpha value is -1.68. The van der Waals surface area contributed by atoms with E-state index in [1.165, 1.54) is 22.6 Å². The number of para-hydroxylation sites is 1. The van der Waals surface area contributed by atoms with Gasteiger partial charge in [-0.3, -0.25) is 4.79 Å². The standard InChI is InChI=1S/C17H20N2OS/c1-17(2,3)15-14(11-20)21-16(18-15)19-10-6-8-12-7-4-5-9-13(12)19/h4-5,7,9,11H,6,8,10H2,1-3H3. The van der Waals surface area contributed by atoms with Crippen molar-refractivity contribution in [1.29, 1.82) is 0 Å². The molecule has 2 aromatic rings. The average Bonchev–Trinajstić information content (AvgIpc) is 2.91. The van der Waals surface area contributed by atoms with Gasteiger partial charge in [-0.15, -0.1) is 0 Å². The van der Waals surface area contributed by atoms with Crippen molar-refractivity contribution in [2.45, 2.75) is 39.0 Å². The van der Waals surface area contributed by atoms with Gasteiger partial charge in [0.1, 0.15) is 0 Å². The Balaban J connectivity index is 2.07. The average molecular weight is 300 g/mol. The van der Waals surface area contributed by atoms with Gasteiger partial charge in [-0.25, -0.2) is 4.98 Å². The number of aryl methyl sites for hydroxylation is 1. The van der Waals surface area contributed by atoms with Gasteiger partial charge < -0.3 is 4.90 Å². The third-order valence-corrected chi connectivity index (χ3v) is 4.80. The molecule has 0 atom stereocenters. The Bertz CT molecular complexity index is 670. The van der Waals surface area contributed by atoms with Crippen LogP contribution in [-0.2, 0) is 11.8 Å². The molecular formula is C17H20N2OS. The Morgan fingerprint density at radius 1 is 1.29 bits per heavy atom. The third kappa shape index (κ3) is 2.60. The number of carbonyl (C=O) groups excluding carboxylic acids is 1. The van der Waals surface area contributed by atoms with Gasteiger partial charge in [0.2, 0.25) is 0 Å². The van der Waals surface area contributed by atoms with Crippen LogP contribution in [0.4, 0.5) is 10.8 Å². The first-order chi connectivity index (χ1) is 10.0. The number of nitrogens with zero attached hydrogens (tertiary/aromatic N) is 2. The minimum atomic E-state index is -0.111. The summed E-state index contributed by atoms with van der Waals surface area (Å²) in [6, 6.07) is 8.48. The molecule has 2 heterocycles. The molecule has 1 aliphatic rings. The minimum absolute atomic E-state index is 0.111. The van der Waals surface area contributed by atoms with Crippen LogP contribution in [0, 0.1) is 0 Å². The Kier molecular flexibility index (Phi) is 3.57. The lowest BCUT2D eigenvalue weighted by molar-refractivity contribution is 0.112. The molecule has 0 spiro atoms. The van der Waals surface area contributed by atoms with Crippen molar-refractivity contribution in [3.8, 4) is 0 Å². The number of benzene rings is 1. The van der Waals surface area contributed by atoms with Crippen molar-refractivity contribution in [3.05, 3.63) is 40.4 Å². The van der Waals surface area contributed by atoms with Crippen LogP contribution in [0.5, 0.6) is 0 Å². The Morgan fingerprint density at radius 3 is 2.71 bits per heavy atom. The summed E-state index contributed by atoms with van der Waals surface area (Å²) >= 11 is 1.50. The van der Waals surface area contributed by atoms with Crippen molar-refractivity contribution in [2.75, 3.05) is 11.4 Å². The summed E-state index contributed by atoms with van der Waals surface area (Å²) in [7, 11) is 0. The SMILES string of the molecule is CC(C)(C)c1nc(N2CCCc3ccccc32)sc1C=O. The summed E-state index contributed by atoms with van der Waals surface area (Å²) in [5.74, 6) is 0. The summed E-state index contributed by atoms with van der Waals surface area (Å²) in [6.45, 7) is 7.27. The van der Waals surface area contributed by atoms with Gasteiger partial charge in [-0.05, 0) is 24.5 Å². The van der Waals surface area contributed by atoms with Crippen molar-refractivity contribution in [2.24, 2.45) is 0 Å². The summed E-state index contributed by atoms with van der Waals surface area (Å²) in [4.78, 5) is 19.2. The van der Waals surface area contributed by atoms with Crippen molar-refractivity contribution in [1.82, 2.24) is 4.98 Å². The molecule has 0 fully saturated rings. The normalized spacial score (nSPS) is 14.9. The van der Waals surface area contributed by atoms with Crippen LogP contribution in [0.2, 0.25) is 0 Å². The molecule has 1 aromatic carbocycles. The number of rotatable bonds is 2. The zero-order valence-electron chi connectivity index (χ0n) is 12.7. The van der Waals surface area contributed by atoms with E-state index < -0.39 is 0 Å². The second kappa shape index (κ2) is 5.26. The number of anilines is 2. The number of aldehydes is 1. The van der Waals surface area contributed by atoms with Crippen LogP contribution in [0.25, 0.3) is 0 Å². The summed E-state index contributed by atoms with van der Waals surface area (Å²) in [5, 5.41) is 0.939. The van der Waals surface area contributed by atoms with Gasteiger partial charge in [0, 0.05) is 17.6 Å². The maximum absolute atomic E-state index is 11.4. The fourth-order valence-corrected chi connectivity index (χ4v) is 3.92. The quantitative estimate of drug-likeness (QED) is 0.774. The highest BCUT2D eigenvalue weighted by Crippen LogP contribution is 2.38. The minimum Gasteiger partial charge on any atom is -0.318 e. The van der Waals surface area contributed by atoms with Crippen LogP contribution in [0.1, 0.15) is 48.1 Å². The zero-order valence-corrected chi connectivity index (χ0v) is 13.5. The molecule has 0 bridgehead atoms. The maximum atomic E-state index is 11.4. The lowest BCUT2D eigenvalue weighted by Crippen LogP contribution is -2.24. The van der Waals surface area contributed by atoms with Crippen LogP contribution in [0.15, 0.2) is 24.3 Å². The maximum Gasteiger partial charge on any atom is 0.190 e. The van der Waals surface area contributed by atoms with Gasteiger partial charge in [-0.1, -0.05) is 50.3 Å². The highest BCUT2D eigenvalue weighted by Gasteiger charge is 2.27. The number of carbonyl (C=O) groups is 1. The van der Waals surface area contributed by atoms with E-state index in [4.69, 9.17) is 4.98 Å². The Labute approximate surface area is 129 Å². The van der Waals surface area contributed by atoms with Crippen LogP contribution < -0.4 is 4.90 Å². The first-order valence-corrected chi connectivity index (χ1v) is 8.14. The number of fused-ring (bicyclic) bond motifs is 1. The van der Waals surface area contributed by atoms with E-state index in [-0.39, 0.29) is 5.41 Å². The van der Waals surface area contributed by atoms with E-state index in [2.05, 4.69) is 49.9 Å². The number of thiazole rings is 1. The van der Waals surface area contributed by atoms with Gasteiger partial charge >= 0.3 is 0 Å². The van der Waals surface area contributed by atoms with E-state index in [0.717, 1.165) is 41.4 Å². The first kappa shape index (κ1) is 14.3. The molecule has 0 saturated carbocycles. The molecule has 0 amide bonds. The zero-order chi connectivity index (χ0) is 15.0. The molecule has 4 heteroatoms. The van der Waals surface area contributed by atoms with E-state index in [1.54, 1.807) is 0 Å². The van der Waals surface area contributed by atoms with Crippen LogP contribution in [-0.4, -0.2) is 17.8 Å². The molecule has 0 N–H and O–H groups in total. The smallest absolute Gasteiger partial charge is 0.190 e. The van der Waals surface area contributed by atoms with Gasteiger partial charge in [0.15, 0.2) is 11.4 Å². The lowest BCUT2D eigenvalue weighted by atomic mass is 9.91. The summed E-state index contributed by atoms with van der Waals surface area (Å²) in [6.07, 6.45) is 3.18. The Morgan fingerprint density at radius 2 is 2.05 bits per heavy atom. The topological polar surface area (TPSA) is 33.2 Å². The largest absolute Gasteiger partial charge is 0.318 e. The number of aromatic nitrogens is 1. The fraction of sp³-hybridized carbons (Fsp3) is 0.412. The molecule has 110 valence electrons. The first-order valence-electron chi connectivity index (χ1n) is 7.32. The summed E-state index contributed by atoms with van der Waals surface area (Å²) < 4.78 is 0. The van der Waals surface area contributed by atoms with Gasteiger partial charge in [-0.2, -0.15) is 0 Å². The second-order valence-corrected chi connectivity index (χ2v) is 7.47. The summed E-state index contributed by atoms with van der Waals surface area (Å²) in [5.41, 5.74) is 3.39. The van der Waals surface area contributed by atoms with Crippen LogP contribution >= 0.6 is 11.3 Å². The highest BCUT2D eigenvalue weighted by molar-refractivity contribution is 7.17. The monoisotopic (exact) mass is 300 g/mol. The van der Waals surface area contributed by atoms with Gasteiger partial charge in [0.25, 0.3) is 0 Å². The molecule has 0 radical (unpaired) electrons. The predicted molar refractivity (Wildman–Crippen MR) is 88.0 cm³/mol. The van der Waals surface area contributed by atoms with E-state index in [9.17, 15) is 4.79 Å². The van der Waals surface area contributed by atoms with E-state index >= 15 is 0 Å². The van der Waals surface area contributed by atoms with Crippen LogP contribution in [0.3, 0.4) is 0 Å². The molecule has 1 aliphatic heterocycles. The lowest BCUT2D eigenvalue weighted by Gasteiger charge is -2.29.